The van der Waals surface area contributed by atoms with Crippen LogP contribution in [0.5, 0.6) is 5.75 Å². The molecule has 1 N–H and O–H groups in total. The van der Waals surface area contributed by atoms with Crippen LogP contribution in [0, 0.1) is 0 Å². The summed E-state index contributed by atoms with van der Waals surface area (Å²) in [6.07, 6.45) is -4.99. The quantitative estimate of drug-likeness (QED) is 0.487. The Balaban J connectivity index is 1.92. The molecule has 0 aliphatic carbocycles. The highest BCUT2D eigenvalue weighted by molar-refractivity contribution is 5.98. The number of esters is 1. The van der Waals surface area contributed by atoms with Crippen LogP contribution in [0.25, 0.3) is 0 Å². The van der Waals surface area contributed by atoms with Crippen LogP contribution in [0.4, 0.5) is 18.0 Å². The first-order chi connectivity index (χ1) is 14.8. The number of hydrogen-bond acceptors (Lipinski definition) is 7. The number of halogens is 3. The first-order valence-corrected chi connectivity index (χ1v) is 9.91. The summed E-state index contributed by atoms with van der Waals surface area (Å²) in [5.41, 5.74) is -1.60. The normalized spacial score (nSPS) is 16.1. The molecule has 1 aromatic carbocycles. The topological polar surface area (TPSA) is 100 Å². The Kier molecular flexibility index (Phi) is 8.11. The van der Waals surface area contributed by atoms with Gasteiger partial charge in [-0.05, 0) is 57.9 Å². The lowest BCUT2D eigenvalue weighted by molar-refractivity contribution is -0.274. The van der Waals surface area contributed by atoms with Crippen LogP contribution in [-0.4, -0.2) is 55.2 Å². The van der Waals surface area contributed by atoms with E-state index in [0.717, 1.165) is 24.3 Å². The molecule has 0 bridgehead atoms. The molecule has 0 unspecified atom stereocenters. The second-order valence-corrected chi connectivity index (χ2v) is 8.35. The molecule has 1 amide bonds. The number of nitrogens with one attached hydrogen (secondary N) is 1. The van der Waals surface area contributed by atoms with Crippen LogP contribution in [-0.2, 0) is 19.0 Å². The van der Waals surface area contributed by atoms with Gasteiger partial charge in [-0.15, -0.1) is 13.2 Å². The minimum absolute atomic E-state index is 0.0555. The van der Waals surface area contributed by atoms with Gasteiger partial charge in [-0.2, -0.15) is 0 Å². The zero-order valence-electron chi connectivity index (χ0n) is 18.0. The standard InChI is InChI=1S/C21H26F3NO7/c1-19(2,3)32-18(28)25-20(8-10-29-11-9-20)12-17(27)30-13-16(26)14-4-6-15(7-5-14)31-21(22,23)24/h4-7H,8-13H2,1-3H3,(H,25,28). The molecule has 2 rings (SSSR count). The molecule has 1 heterocycles. The summed E-state index contributed by atoms with van der Waals surface area (Å²) in [4.78, 5) is 36.8. The highest BCUT2D eigenvalue weighted by Crippen LogP contribution is 2.26. The Morgan fingerprint density at radius 2 is 1.66 bits per heavy atom. The zero-order chi connectivity index (χ0) is 24.0. The van der Waals surface area contributed by atoms with Crippen LogP contribution in [0.15, 0.2) is 24.3 Å². The highest BCUT2D eigenvalue weighted by Gasteiger charge is 2.38. The molecule has 0 saturated carbocycles. The Labute approximate surface area is 183 Å². The number of carbonyl (C=O) groups is 3. The number of rotatable bonds is 7. The van der Waals surface area contributed by atoms with Crippen molar-refractivity contribution in [2.45, 2.75) is 57.5 Å². The van der Waals surface area contributed by atoms with Crippen molar-refractivity contribution in [3.05, 3.63) is 29.8 Å². The molecule has 1 aliphatic heterocycles. The molecule has 32 heavy (non-hydrogen) atoms. The van der Waals surface area contributed by atoms with E-state index in [-0.39, 0.29) is 12.0 Å². The third-order valence-corrected chi connectivity index (χ3v) is 4.47. The lowest BCUT2D eigenvalue weighted by Crippen LogP contribution is -2.54. The molecule has 1 aromatic rings. The molecule has 1 aliphatic rings. The minimum Gasteiger partial charge on any atom is -0.457 e. The summed E-state index contributed by atoms with van der Waals surface area (Å²) < 4.78 is 56.0. The van der Waals surface area contributed by atoms with Gasteiger partial charge in [0.2, 0.25) is 0 Å². The maximum absolute atomic E-state index is 12.4. The van der Waals surface area contributed by atoms with Crippen molar-refractivity contribution in [1.82, 2.24) is 5.32 Å². The van der Waals surface area contributed by atoms with Gasteiger partial charge in [0.25, 0.3) is 0 Å². The minimum atomic E-state index is -4.84. The summed E-state index contributed by atoms with van der Waals surface area (Å²) in [5, 5.41) is 2.73. The van der Waals surface area contributed by atoms with Crippen molar-refractivity contribution in [3.63, 3.8) is 0 Å². The van der Waals surface area contributed by atoms with Crippen LogP contribution >= 0.6 is 0 Å². The number of amides is 1. The van der Waals surface area contributed by atoms with Gasteiger partial charge in [0.05, 0.1) is 12.0 Å². The molecule has 8 nitrogen and oxygen atoms in total. The SMILES string of the molecule is CC(C)(C)OC(=O)NC1(CC(=O)OCC(=O)c2ccc(OC(F)(F)F)cc2)CCOCC1. The summed E-state index contributed by atoms with van der Waals surface area (Å²) in [7, 11) is 0. The molecule has 178 valence electrons. The van der Waals surface area contributed by atoms with Gasteiger partial charge in [0.1, 0.15) is 11.4 Å². The summed E-state index contributed by atoms with van der Waals surface area (Å²) >= 11 is 0. The van der Waals surface area contributed by atoms with Gasteiger partial charge in [0.15, 0.2) is 12.4 Å². The van der Waals surface area contributed by atoms with Gasteiger partial charge < -0.3 is 24.3 Å². The maximum atomic E-state index is 12.4. The Morgan fingerprint density at radius 1 is 1.06 bits per heavy atom. The second kappa shape index (κ2) is 10.2. The van der Waals surface area contributed by atoms with Crippen LogP contribution in [0.3, 0.4) is 0 Å². The largest absolute Gasteiger partial charge is 0.573 e. The van der Waals surface area contributed by atoms with Gasteiger partial charge >= 0.3 is 18.4 Å². The number of ketones is 1. The van der Waals surface area contributed by atoms with Crippen molar-refractivity contribution < 1.29 is 46.5 Å². The average Bonchev–Trinajstić information content (AvgIpc) is 2.64. The second-order valence-electron chi connectivity index (χ2n) is 8.35. The first kappa shape index (κ1) is 25.4. The maximum Gasteiger partial charge on any atom is 0.573 e. The van der Waals surface area contributed by atoms with Gasteiger partial charge in [-0.3, -0.25) is 9.59 Å². The molecule has 0 radical (unpaired) electrons. The van der Waals surface area contributed by atoms with Crippen LogP contribution in [0.2, 0.25) is 0 Å². The Morgan fingerprint density at radius 3 is 2.19 bits per heavy atom. The number of ether oxygens (including phenoxy) is 4. The third kappa shape index (κ3) is 8.74. The number of Topliss-reactive ketones (excluding diaryl/α,β-unsaturated/α-hetero) is 1. The molecule has 11 heteroatoms. The van der Waals surface area contributed by atoms with E-state index in [4.69, 9.17) is 14.2 Å². The number of alkyl carbamates (subject to hydrolysis) is 1. The molecular formula is C21H26F3NO7. The fourth-order valence-corrected chi connectivity index (χ4v) is 3.03. The third-order valence-electron chi connectivity index (χ3n) is 4.47. The zero-order valence-corrected chi connectivity index (χ0v) is 18.0. The van der Waals surface area contributed by atoms with Crippen LogP contribution < -0.4 is 10.1 Å². The fraction of sp³-hybridized carbons (Fsp3) is 0.571. The lowest BCUT2D eigenvalue weighted by atomic mass is 9.86. The van der Waals surface area contributed by atoms with E-state index in [2.05, 4.69) is 10.1 Å². The van der Waals surface area contributed by atoms with E-state index in [0.29, 0.717) is 26.1 Å². The number of alkyl halides is 3. The summed E-state index contributed by atoms with van der Waals surface area (Å²) in [6.45, 7) is 5.20. The molecule has 0 atom stereocenters. The van der Waals surface area contributed by atoms with Crippen LogP contribution in [0.1, 0.15) is 50.4 Å². The monoisotopic (exact) mass is 461 g/mol. The van der Waals surface area contributed by atoms with Crippen molar-refractivity contribution in [1.29, 1.82) is 0 Å². The van der Waals surface area contributed by atoms with E-state index in [1.165, 1.54) is 0 Å². The smallest absolute Gasteiger partial charge is 0.457 e. The molecular weight excluding hydrogens is 435 g/mol. The summed E-state index contributed by atoms with van der Waals surface area (Å²) in [5.74, 6) is -1.79. The van der Waals surface area contributed by atoms with Gasteiger partial charge in [-0.1, -0.05) is 0 Å². The van der Waals surface area contributed by atoms with Crippen molar-refractivity contribution >= 4 is 17.8 Å². The average molecular weight is 461 g/mol. The van der Waals surface area contributed by atoms with Crippen molar-refractivity contribution in [2.24, 2.45) is 0 Å². The van der Waals surface area contributed by atoms with Gasteiger partial charge in [-0.25, -0.2) is 4.79 Å². The number of hydrogen-bond donors (Lipinski definition) is 1. The van der Waals surface area contributed by atoms with Gasteiger partial charge in [0, 0.05) is 18.8 Å². The molecule has 1 fully saturated rings. The first-order valence-electron chi connectivity index (χ1n) is 9.91. The Bertz CT molecular complexity index is 810. The van der Waals surface area contributed by atoms with E-state index in [1.54, 1.807) is 20.8 Å². The molecule has 0 aromatic heterocycles. The predicted octanol–water partition coefficient (Wildman–Crippen LogP) is 3.78. The fourth-order valence-electron chi connectivity index (χ4n) is 3.03. The predicted molar refractivity (Wildman–Crippen MR) is 105 cm³/mol. The van der Waals surface area contributed by atoms with E-state index >= 15 is 0 Å². The Hall–Kier alpha value is -2.82. The van der Waals surface area contributed by atoms with E-state index < -0.39 is 47.7 Å². The molecule has 1 saturated heterocycles. The van der Waals surface area contributed by atoms with E-state index in [1.807, 2.05) is 0 Å². The molecule has 0 spiro atoms. The highest BCUT2D eigenvalue weighted by atomic mass is 19.4. The summed E-state index contributed by atoms with van der Waals surface area (Å²) in [6, 6.07) is 4.26. The van der Waals surface area contributed by atoms with Crippen molar-refractivity contribution in [2.75, 3.05) is 19.8 Å². The number of benzene rings is 1. The van der Waals surface area contributed by atoms with E-state index in [9.17, 15) is 27.6 Å². The lowest BCUT2D eigenvalue weighted by Gasteiger charge is -2.37. The van der Waals surface area contributed by atoms with Crippen molar-refractivity contribution in [3.8, 4) is 5.75 Å². The number of carbonyl (C=O) groups excluding carboxylic acids is 3.